The Balaban J connectivity index is 1.77. The van der Waals surface area contributed by atoms with Crippen molar-refractivity contribution in [2.45, 2.75) is 31.8 Å². The SMILES string of the molecule is COc1cc(CNC(=O)C(Cc2c[nH]c3ccccc23)NC(=O)CCCN)cc(OC)c1OC. The molecule has 0 aliphatic rings. The van der Waals surface area contributed by atoms with E-state index in [4.69, 9.17) is 19.9 Å². The van der Waals surface area contributed by atoms with Crippen LogP contribution >= 0.6 is 0 Å². The Labute approximate surface area is 198 Å². The molecular weight excluding hydrogens is 436 g/mol. The summed E-state index contributed by atoms with van der Waals surface area (Å²) in [4.78, 5) is 28.8. The largest absolute Gasteiger partial charge is 0.493 e. The molecule has 1 heterocycles. The fourth-order valence-corrected chi connectivity index (χ4v) is 3.81. The zero-order valence-corrected chi connectivity index (χ0v) is 19.8. The number of H-pyrrole nitrogens is 1. The van der Waals surface area contributed by atoms with Gasteiger partial charge in [0, 0.05) is 36.5 Å². The number of para-hydroxylation sites is 1. The van der Waals surface area contributed by atoms with Gasteiger partial charge in [0.05, 0.1) is 21.3 Å². The van der Waals surface area contributed by atoms with Gasteiger partial charge in [-0.1, -0.05) is 18.2 Å². The molecule has 1 aromatic heterocycles. The summed E-state index contributed by atoms with van der Waals surface area (Å²) < 4.78 is 16.1. The van der Waals surface area contributed by atoms with Crippen molar-refractivity contribution in [1.82, 2.24) is 15.6 Å². The van der Waals surface area contributed by atoms with Crippen LogP contribution in [-0.4, -0.2) is 50.7 Å². The second kappa shape index (κ2) is 11.9. The maximum Gasteiger partial charge on any atom is 0.243 e. The standard InChI is InChI=1S/C25H32N4O5/c1-32-21-11-16(12-22(33-2)24(21)34-3)14-28-25(31)20(29-23(30)9-6-10-26)13-17-15-27-19-8-5-4-7-18(17)19/h4-5,7-8,11-12,15,20,27H,6,9-10,13-14,26H2,1-3H3,(H,28,31)(H,29,30). The van der Waals surface area contributed by atoms with Crippen molar-refractivity contribution in [1.29, 1.82) is 0 Å². The van der Waals surface area contributed by atoms with Crippen molar-refractivity contribution in [3.8, 4) is 17.2 Å². The number of nitrogens with one attached hydrogen (secondary N) is 3. The fourth-order valence-electron chi connectivity index (χ4n) is 3.81. The van der Waals surface area contributed by atoms with Crippen LogP contribution in [0.3, 0.4) is 0 Å². The number of carbonyl (C=O) groups excluding carboxylic acids is 2. The van der Waals surface area contributed by atoms with Gasteiger partial charge in [0.25, 0.3) is 0 Å². The molecule has 0 aliphatic carbocycles. The van der Waals surface area contributed by atoms with E-state index in [1.165, 1.54) is 21.3 Å². The first kappa shape index (κ1) is 24.9. The van der Waals surface area contributed by atoms with Gasteiger partial charge in [-0.05, 0) is 42.3 Å². The number of hydrogen-bond acceptors (Lipinski definition) is 6. The lowest BCUT2D eigenvalue weighted by molar-refractivity contribution is -0.129. The molecule has 0 bridgehead atoms. The first-order valence-electron chi connectivity index (χ1n) is 11.1. The molecule has 2 aromatic carbocycles. The minimum absolute atomic E-state index is 0.210. The van der Waals surface area contributed by atoms with E-state index >= 15 is 0 Å². The van der Waals surface area contributed by atoms with Gasteiger partial charge in [-0.3, -0.25) is 9.59 Å². The zero-order chi connectivity index (χ0) is 24.5. The first-order valence-corrected chi connectivity index (χ1v) is 11.1. The minimum atomic E-state index is -0.744. The van der Waals surface area contributed by atoms with Crippen LogP contribution in [-0.2, 0) is 22.6 Å². The molecule has 0 saturated carbocycles. The van der Waals surface area contributed by atoms with Gasteiger partial charge in [0.1, 0.15) is 6.04 Å². The van der Waals surface area contributed by atoms with Crippen molar-refractivity contribution in [3.05, 3.63) is 53.7 Å². The lowest BCUT2D eigenvalue weighted by atomic mass is 10.0. The number of nitrogens with two attached hydrogens (primary N) is 1. The molecule has 0 spiro atoms. The van der Waals surface area contributed by atoms with E-state index in [0.29, 0.717) is 36.6 Å². The third kappa shape index (κ3) is 5.99. The number of ether oxygens (including phenoxy) is 3. The number of fused-ring (bicyclic) bond motifs is 1. The van der Waals surface area contributed by atoms with Crippen LogP contribution in [0, 0.1) is 0 Å². The highest BCUT2D eigenvalue weighted by atomic mass is 16.5. The summed E-state index contributed by atoms with van der Waals surface area (Å²) in [5.74, 6) is 0.968. The summed E-state index contributed by atoms with van der Waals surface area (Å²) in [6, 6.07) is 10.6. The Morgan fingerprint density at radius 2 is 1.76 bits per heavy atom. The lowest BCUT2D eigenvalue weighted by Gasteiger charge is -2.19. The summed E-state index contributed by atoms with van der Waals surface area (Å²) in [5, 5.41) is 6.80. The number of benzene rings is 2. The normalized spacial score (nSPS) is 11.6. The molecule has 3 rings (SSSR count). The Kier molecular flexibility index (Phi) is 8.75. The summed E-state index contributed by atoms with van der Waals surface area (Å²) in [6.45, 7) is 0.631. The molecule has 5 N–H and O–H groups in total. The molecule has 3 aromatic rings. The molecule has 0 saturated heterocycles. The van der Waals surface area contributed by atoms with Crippen molar-refractivity contribution in [2.24, 2.45) is 5.73 Å². The minimum Gasteiger partial charge on any atom is -0.493 e. The number of carbonyl (C=O) groups is 2. The predicted octanol–water partition coefficient (Wildman–Crippen LogP) is 2.28. The van der Waals surface area contributed by atoms with Crippen LogP contribution in [0.4, 0.5) is 0 Å². The third-order valence-corrected chi connectivity index (χ3v) is 5.55. The topological polar surface area (TPSA) is 128 Å². The lowest BCUT2D eigenvalue weighted by Crippen LogP contribution is -2.47. The average molecular weight is 469 g/mol. The van der Waals surface area contributed by atoms with Gasteiger partial charge in [-0.15, -0.1) is 0 Å². The smallest absolute Gasteiger partial charge is 0.243 e. The molecule has 182 valence electrons. The zero-order valence-electron chi connectivity index (χ0n) is 19.8. The second-order valence-corrected chi connectivity index (χ2v) is 7.83. The number of amides is 2. The fraction of sp³-hybridized carbons (Fsp3) is 0.360. The van der Waals surface area contributed by atoms with Gasteiger partial charge >= 0.3 is 0 Å². The summed E-state index contributed by atoms with van der Waals surface area (Å²) >= 11 is 0. The highest BCUT2D eigenvalue weighted by molar-refractivity contribution is 5.89. The number of hydrogen-bond donors (Lipinski definition) is 4. The first-order chi connectivity index (χ1) is 16.5. The van der Waals surface area contributed by atoms with Crippen molar-refractivity contribution < 1.29 is 23.8 Å². The van der Waals surface area contributed by atoms with E-state index in [-0.39, 0.29) is 24.8 Å². The number of aromatic amines is 1. The van der Waals surface area contributed by atoms with Gasteiger partial charge in [-0.2, -0.15) is 0 Å². The Morgan fingerprint density at radius 3 is 2.41 bits per heavy atom. The summed E-state index contributed by atoms with van der Waals surface area (Å²) in [7, 11) is 4.60. The second-order valence-electron chi connectivity index (χ2n) is 7.83. The quantitative estimate of drug-likeness (QED) is 0.323. The molecule has 1 unspecified atom stereocenters. The molecule has 9 nitrogen and oxygen atoms in total. The van der Waals surface area contributed by atoms with E-state index in [2.05, 4.69) is 15.6 Å². The van der Waals surface area contributed by atoms with Crippen LogP contribution in [0.5, 0.6) is 17.2 Å². The number of aromatic nitrogens is 1. The Bertz CT molecular complexity index is 1100. The molecule has 0 fully saturated rings. The van der Waals surface area contributed by atoms with E-state index in [1.807, 2.05) is 30.5 Å². The van der Waals surface area contributed by atoms with Gasteiger partial charge < -0.3 is 35.6 Å². The maximum absolute atomic E-state index is 13.2. The Morgan fingerprint density at radius 1 is 1.06 bits per heavy atom. The van der Waals surface area contributed by atoms with Crippen LogP contribution < -0.4 is 30.6 Å². The molecule has 2 amide bonds. The van der Waals surface area contributed by atoms with E-state index in [0.717, 1.165) is 22.0 Å². The number of methoxy groups -OCH3 is 3. The van der Waals surface area contributed by atoms with Crippen LogP contribution in [0.2, 0.25) is 0 Å². The van der Waals surface area contributed by atoms with Crippen molar-refractivity contribution in [2.75, 3.05) is 27.9 Å². The third-order valence-electron chi connectivity index (χ3n) is 5.55. The highest BCUT2D eigenvalue weighted by Gasteiger charge is 2.23. The van der Waals surface area contributed by atoms with Gasteiger partial charge in [0.15, 0.2) is 11.5 Å². The van der Waals surface area contributed by atoms with E-state index in [1.54, 1.807) is 12.1 Å². The van der Waals surface area contributed by atoms with Gasteiger partial charge in [-0.25, -0.2) is 0 Å². The predicted molar refractivity (Wildman–Crippen MR) is 130 cm³/mol. The van der Waals surface area contributed by atoms with Crippen molar-refractivity contribution in [3.63, 3.8) is 0 Å². The molecule has 0 aliphatic heterocycles. The van der Waals surface area contributed by atoms with Crippen LogP contribution in [0.1, 0.15) is 24.0 Å². The molecule has 34 heavy (non-hydrogen) atoms. The van der Waals surface area contributed by atoms with E-state index < -0.39 is 6.04 Å². The summed E-state index contributed by atoms with van der Waals surface area (Å²) in [5.41, 5.74) is 8.22. The Hall–Kier alpha value is -3.72. The van der Waals surface area contributed by atoms with Crippen molar-refractivity contribution >= 4 is 22.7 Å². The monoisotopic (exact) mass is 468 g/mol. The highest BCUT2D eigenvalue weighted by Crippen LogP contribution is 2.38. The number of rotatable bonds is 12. The molecule has 1 atom stereocenters. The molecule has 9 heteroatoms. The van der Waals surface area contributed by atoms with Crippen LogP contribution in [0.25, 0.3) is 10.9 Å². The maximum atomic E-state index is 13.2. The van der Waals surface area contributed by atoms with Gasteiger partial charge in [0.2, 0.25) is 17.6 Å². The average Bonchev–Trinajstić information content (AvgIpc) is 3.27. The molecular formula is C25H32N4O5. The molecule has 0 radical (unpaired) electrons. The summed E-state index contributed by atoms with van der Waals surface area (Å²) in [6.07, 6.45) is 3.04. The van der Waals surface area contributed by atoms with Crippen LogP contribution in [0.15, 0.2) is 42.6 Å². The van der Waals surface area contributed by atoms with E-state index in [9.17, 15) is 9.59 Å².